The Kier molecular flexibility index (Phi) is 3.33. The van der Waals surface area contributed by atoms with Crippen LogP contribution in [0.15, 0.2) is 0 Å². The molecule has 3 N–H and O–H groups in total. The number of nitrogens with one attached hydrogen (secondary N) is 1. The predicted octanol–water partition coefficient (Wildman–Crippen LogP) is 0.364. The highest BCUT2D eigenvalue weighted by molar-refractivity contribution is 5.01. The second kappa shape index (κ2) is 3.95. The van der Waals surface area contributed by atoms with Gasteiger partial charge in [-0.25, -0.2) is 0 Å². The Hall–Kier alpha value is -0.120. The van der Waals surface area contributed by atoms with Gasteiger partial charge in [0.1, 0.15) is 0 Å². The van der Waals surface area contributed by atoms with Gasteiger partial charge < -0.3 is 15.5 Å². The molecule has 1 rings (SSSR count). The van der Waals surface area contributed by atoms with Crippen LogP contribution in [0.3, 0.4) is 0 Å². The van der Waals surface area contributed by atoms with Gasteiger partial charge in [-0.3, -0.25) is 0 Å². The number of hydrogen-bond donors (Lipinski definition) is 3. The first-order valence-corrected chi connectivity index (χ1v) is 5.00. The zero-order valence-corrected chi connectivity index (χ0v) is 8.75. The largest absolute Gasteiger partial charge is 0.396 e. The van der Waals surface area contributed by atoms with Crippen molar-refractivity contribution in [3.8, 4) is 0 Å². The van der Waals surface area contributed by atoms with Crippen molar-refractivity contribution < 1.29 is 10.2 Å². The zero-order valence-electron chi connectivity index (χ0n) is 8.75. The van der Waals surface area contributed by atoms with Gasteiger partial charge in [0.2, 0.25) is 0 Å². The van der Waals surface area contributed by atoms with E-state index in [-0.39, 0.29) is 18.1 Å². The first kappa shape index (κ1) is 11.0. The summed E-state index contributed by atoms with van der Waals surface area (Å²) in [7, 11) is 0. The fourth-order valence-corrected chi connectivity index (χ4v) is 1.66. The molecule has 78 valence electrons. The molecule has 3 nitrogen and oxygen atoms in total. The van der Waals surface area contributed by atoms with Crippen LogP contribution in [0, 0.1) is 11.3 Å². The Morgan fingerprint density at radius 1 is 1.54 bits per heavy atom. The molecule has 1 fully saturated rings. The van der Waals surface area contributed by atoms with Gasteiger partial charge in [-0.1, -0.05) is 20.8 Å². The van der Waals surface area contributed by atoms with Crippen LogP contribution in [0.4, 0.5) is 0 Å². The highest BCUT2D eigenvalue weighted by Crippen LogP contribution is 2.40. The number of aliphatic hydroxyl groups is 2. The highest BCUT2D eigenvalue weighted by Gasteiger charge is 2.46. The third-order valence-electron chi connectivity index (χ3n) is 3.24. The molecule has 3 unspecified atom stereocenters. The molecule has 0 bridgehead atoms. The van der Waals surface area contributed by atoms with Crippen molar-refractivity contribution in [3.63, 3.8) is 0 Å². The lowest BCUT2D eigenvalue weighted by atomic mass is 9.64. The Morgan fingerprint density at radius 3 is 2.54 bits per heavy atom. The van der Waals surface area contributed by atoms with E-state index in [9.17, 15) is 5.11 Å². The molecule has 1 aliphatic carbocycles. The van der Waals surface area contributed by atoms with Crippen LogP contribution in [0.25, 0.3) is 0 Å². The van der Waals surface area contributed by atoms with Crippen LogP contribution in [-0.2, 0) is 0 Å². The molecule has 13 heavy (non-hydrogen) atoms. The summed E-state index contributed by atoms with van der Waals surface area (Å²) in [4.78, 5) is 0. The van der Waals surface area contributed by atoms with Crippen molar-refractivity contribution >= 4 is 0 Å². The standard InChI is InChI=1S/C10H21NO2/c1-7(6-12)5-11-8-4-9(13)10(8,2)3/h7-9,11-13H,4-6H2,1-3H3. The summed E-state index contributed by atoms with van der Waals surface area (Å²) < 4.78 is 0. The zero-order chi connectivity index (χ0) is 10.1. The van der Waals surface area contributed by atoms with Gasteiger partial charge in [0.15, 0.2) is 0 Å². The third-order valence-corrected chi connectivity index (χ3v) is 3.24. The molecule has 0 spiro atoms. The molecule has 1 saturated carbocycles. The Labute approximate surface area is 80.2 Å². The first-order valence-electron chi connectivity index (χ1n) is 5.00. The van der Waals surface area contributed by atoms with E-state index in [0.29, 0.717) is 12.0 Å². The second-order valence-corrected chi connectivity index (χ2v) is 4.82. The predicted molar refractivity (Wildman–Crippen MR) is 52.4 cm³/mol. The normalized spacial score (nSPS) is 33.9. The molecule has 0 saturated heterocycles. The lowest BCUT2D eigenvalue weighted by Crippen LogP contribution is -2.60. The van der Waals surface area contributed by atoms with Gasteiger partial charge in [-0.15, -0.1) is 0 Å². The summed E-state index contributed by atoms with van der Waals surface area (Å²) in [5, 5.41) is 21.7. The molecule has 0 aromatic heterocycles. The maximum Gasteiger partial charge on any atom is 0.0621 e. The van der Waals surface area contributed by atoms with Crippen molar-refractivity contribution in [3.05, 3.63) is 0 Å². The Morgan fingerprint density at radius 2 is 2.15 bits per heavy atom. The summed E-state index contributed by atoms with van der Waals surface area (Å²) in [5.41, 5.74) is -0.00479. The maximum absolute atomic E-state index is 9.48. The molecular formula is C10H21NO2. The van der Waals surface area contributed by atoms with Gasteiger partial charge in [-0.05, 0) is 12.3 Å². The van der Waals surface area contributed by atoms with Crippen LogP contribution in [-0.4, -0.2) is 35.5 Å². The van der Waals surface area contributed by atoms with Gasteiger partial charge in [0, 0.05) is 24.6 Å². The Balaban J connectivity index is 2.25. The number of aliphatic hydroxyl groups excluding tert-OH is 2. The molecule has 3 atom stereocenters. The topological polar surface area (TPSA) is 52.5 Å². The summed E-state index contributed by atoms with van der Waals surface area (Å²) in [6.07, 6.45) is 0.667. The number of rotatable bonds is 4. The number of hydrogen-bond acceptors (Lipinski definition) is 3. The molecule has 0 aliphatic heterocycles. The van der Waals surface area contributed by atoms with Crippen LogP contribution in [0.5, 0.6) is 0 Å². The van der Waals surface area contributed by atoms with Crippen LogP contribution < -0.4 is 5.32 Å². The molecular weight excluding hydrogens is 166 g/mol. The molecule has 0 amide bonds. The van der Waals surface area contributed by atoms with Crippen molar-refractivity contribution in [2.24, 2.45) is 11.3 Å². The van der Waals surface area contributed by atoms with Gasteiger partial charge in [0.05, 0.1) is 6.10 Å². The van der Waals surface area contributed by atoms with E-state index in [4.69, 9.17) is 5.11 Å². The molecule has 1 aliphatic rings. The van der Waals surface area contributed by atoms with Gasteiger partial charge >= 0.3 is 0 Å². The summed E-state index contributed by atoms with van der Waals surface area (Å²) >= 11 is 0. The minimum atomic E-state index is -0.172. The fraction of sp³-hybridized carbons (Fsp3) is 1.00. The van der Waals surface area contributed by atoms with Crippen molar-refractivity contribution in [1.82, 2.24) is 5.32 Å². The van der Waals surface area contributed by atoms with E-state index in [2.05, 4.69) is 19.2 Å². The monoisotopic (exact) mass is 187 g/mol. The highest BCUT2D eigenvalue weighted by atomic mass is 16.3. The van der Waals surface area contributed by atoms with Crippen molar-refractivity contribution in [2.45, 2.75) is 39.3 Å². The van der Waals surface area contributed by atoms with E-state index in [0.717, 1.165) is 13.0 Å². The molecule has 0 heterocycles. The summed E-state index contributed by atoms with van der Waals surface area (Å²) in [5.74, 6) is 0.300. The summed E-state index contributed by atoms with van der Waals surface area (Å²) in [6.45, 7) is 7.21. The minimum absolute atomic E-state index is 0.00479. The minimum Gasteiger partial charge on any atom is -0.396 e. The fourth-order valence-electron chi connectivity index (χ4n) is 1.66. The van der Waals surface area contributed by atoms with Crippen LogP contribution in [0.1, 0.15) is 27.2 Å². The van der Waals surface area contributed by atoms with Crippen LogP contribution in [0.2, 0.25) is 0 Å². The average molecular weight is 187 g/mol. The van der Waals surface area contributed by atoms with Crippen molar-refractivity contribution in [1.29, 1.82) is 0 Å². The quantitative estimate of drug-likeness (QED) is 0.596. The molecule has 0 radical (unpaired) electrons. The Bertz CT molecular complexity index is 170. The van der Waals surface area contributed by atoms with E-state index in [1.165, 1.54) is 0 Å². The SMILES string of the molecule is CC(CO)CNC1CC(O)C1(C)C. The molecule has 3 heteroatoms. The van der Waals surface area contributed by atoms with E-state index >= 15 is 0 Å². The van der Waals surface area contributed by atoms with E-state index in [1.54, 1.807) is 0 Å². The third kappa shape index (κ3) is 2.22. The van der Waals surface area contributed by atoms with Gasteiger partial charge in [0.25, 0.3) is 0 Å². The van der Waals surface area contributed by atoms with Gasteiger partial charge in [-0.2, -0.15) is 0 Å². The maximum atomic E-state index is 9.48. The van der Waals surface area contributed by atoms with Crippen molar-refractivity contribution in [2.75, 3.05) is 13.2 Å². The van der Waals surface area contributed by atoms with E-state index in [1.807, 2.05) is 6.92 Å². The second-order valence-electron chi connectivity index (χ2n) is 4.82. The molecule has 0 aromatic rings. The van der Waals surface area contributed by atoms with E-state index < -0.39 is 0 Å². The lowest BCUT2D eigenvalue weighted by molar-refractivity contribution is -0.0734. The average Bonchev–Trinajstić information content (AvgIpc) is 2.11. The summed E-state index contributed by atoms with van der Waals surface area (Å²) in [6, 6.07) is 0.400. The van der Waals surface area contributed by atoms with Crippen LogP contribution >= 0.6 is 0 Å². The first-order chi connectivity index (χ1) is 5.98. The molecule has 0 aromatic carbocycles. The lowest BCUT2D eigenvalue weighted by Gasteiger charge is -2.50. The smallest absolute Gasteiger partial charge is 0.0621 e.